The summed E-state index contributed by atoms with van der Waals surface area (Å²) in [7, 11) is -3.39. The van der Waals surface area contributed by atoms with Crippen LogP contribution in [0.1, 0.15) is 18.1 Å². The molecule has 3 aromatic rings. The van der Waals surface area contributed by atoms with Crippen molar-refractivity contribution >= 4 is 33.4 Å². The molecule has 2 N–H and O–H groups in total. The van der Waals surface area contributed by atoms with Gasteiger partial charge in [-0.05, 0) is 73.5 Å². The zero-order chi connectivity index (χ0) is 23.1. The van der Waals surface area contributed by atoms with Crippen LogP contribution in [-0.4, -0.2) is 25.1 Å². The molecule has 7 nitrogen and oxygen atoms in total. The molecule has 0 atom stereocenters. The van der Waals surface area contributed by atoms with Gasteiger partial charge >= 0.3 is 0 Å². The van der Waals surface area contributed by atoms with Gasteiger partial charge in [-0.15, -0.1) is 0 Å². The molecule has 9 heteroatoms. The molecule has 0 spiro atoms. The highest BCUT2D eigenvalue weighted by molar-refractivity contribution is 7.92. The van der Waals surface area contributed by atoms with Crippen molar-refractivity contribution in [3.8, 4) is 11.5 Å². The van der Waals surface area contributed by atoms with Gasteiger partial charge in [0.25, 0.3) is 0 Å². The summed E-state index contributed by atoms with van der Waals surface area (Å²) in [6.45, 7) is 3.28. The van der Waals surface area contributed by atoms with Gasteiger partial charge in [0.1, 0.15) is 5.75 Å². The molecule has 0 saturated carbocycles. The average molecular weight is 456 g/mol. The highest BCUT2D eigenvalue weighted by Crippen LogP contribution is 2.25. The van der Waals surface area contributed by atoms with E-state index < -0.39 is 21.7 Å². The Labute approximate surface area is 186 Å². The lowest BCUT2D eigenvalue weighted by Gasteiger charge is -2.11. The second kappa shape index (κ2) is 10.1. The molecule has 3 rings (SSSR count). The van der Waals surface area contributed by atoms with E-state index in [9.17, 15) is 17.6 Å². The number of rotatable bonds is 8. The summed E-state index contributed by atoms with van der Waals surface area (Å²) >= 11 is 0. The van der Waals surface area contributed by atoms with Crippen molar-refractivity contribution in [1.29, 1.82) is 0 Å². The van der Waals surface area contributed by atoms with Crippen molar-refractivity contribution in [2.45, 2.75) is 13.8 Å². The quantitative estimate of drug-likeness (QED) is 0.479. The maximum Gasteiger partial charge on any atom is 0.248 e. The number of halogens is 1. The summed E-state index contributed by atoms with van der Waals surface area (Å²) in [5.41, 5.74) is 2.10. The van der Waals surface area contributed by atoms with Crippen molar-refractivity contribution in [1.82, 2.24) is 4.98 Å². The molecule has 0 saturated heterocycles. The van der Waals surface area contributed by atoms with Gasteiger partial charge in [0, 0.05) is 18.0 Å². The molecule has 0 aliphatic carbocycles. The highest BCUT2D eigenvalue weighted by atomic mass is 32.2. The minimum atomic E-state index is -3.39. The molecule has 1 heterocycles. The third kappa shape index (κ3) is 6.39. The van der Waals surface area contributed by atoms with E-state index >= 15 is 0 Å². The zero-order valence-corrected chi connectivity index (χ0v) is 18.3. The van der Waals surface area contributed by atoms with Gasteiger partial charge in [-0.2, -0.15) is 0 Å². The second-order valence-corrected chi connectivity index (χ2v) is 8.85. The van der Waals surface area contributed by atoms with E-state index in [1.165, 1.54) is 30.5 Å². The van der Waals surface area contributed by atoms with E-state index in [0.717, 1.165) is 0 Å². The van der Waals surface area contributed by atoms with Crippen LogP contribution < -0.4 is 14.8 Å². The molecule has 0 radical (unpaired) electrons. The maximum atomic E-state index is 14.3. The number of ether oxygens (including phenoxy) is 1. The smallest absolute Gasteiger partial charge is 0.248 e. The monoisotopic (exact) mass is 455 g/mol. The van der Waals surface area contributed by atoms with E-state index in [-0.39, 0.29) is 11.5 Å². The van der Waals surface area contributed by atoms with Crippen molar-refractivity contribution in [2.75, 3.05) is 15.8 Å². The molecule has 0 unspecified atom stereocenters. The van der Waals surface area contributed by atoms with Crippen LogP contribution in [0.25, 0.3) is 6.08 Å². The average Bonchev–Trinajstić information content (AvgIpc) is 2.76. The first-order chi connectivity index (χ1) is 15.3. The predicted octanol–water partition coefficient (Wildman–Crippen LogP) is 4.73. The van der Waals surface area contributed by atoms with Crippen LogP contribution in [0.3, 0.4) is 0 Å². The number of carbonyl (C=O) groups excluding carboxylic acids is 1. The minimum absolute atomic E-state index is 0.0348. The molecule has 0 fully saturated rings. The Hall–Kier alpha value is -3.72. The van der Waals surface area contributed by atoms with E-state index in [1.807, 2.05) is 0 Å². The molecular weight excluding hydrogens is 433 g/mol. The van der Waals surface area contributed by atoms with Crippen molar-refractivity contribution in [3.63, 3.8) is 0 Å². The van der Waals surface area contributed by atoms with Gasteiger partial charge in [-0.25, -0.2) is 12.8 Å². The number of pyridine rings is 1. The van der Waals surface area contributed by atoms with E-state index in [1.54, 1.807) is 56.4 Å². The Morgan fingerprint density at radius 2 is 2.00 bits per heavy atom. The highest BCUT2D eigenvalue weighted by Gasteiger charge is 2.10. The first-order valence-corrected chi connectivity index (χ1v) is 11.4. The number of aryl methyl sites for hydroxylation is 1. The number of anilines is 2. The third-order valence-electron chi connectivity index (χ3n) is 4.38. The third-order valence-corrected chi connectivity index (χ3v) is 5.68. The summed E-state index contributed by atoms with van der Waals surface area (Å²) in [4.78, 5) is 16.1. The van der Waals surface area contributed by atoms with Gasteiger partial charge in [-0.3, -0.25) is 14.5 Å². The minimum Gasteiger partial charge on any atom is -0.453 e. The van der Waals surface area contributed by atoms with Crippen LogP contribution in [0.2, 0.25) is 0 Å². The largest absolute Gasteiger partial charge is 0.453 e. The van der Waals surface area contributed by atoms with Gasteiger partial charge in [0.15, 0.2) is 11.6 Å². The van der Waals surface area contributed by atoms with Crippen LogP contribution in [0, 0.1) is 12.7 Å². The summed E-state index contributed by atoms with van der Waals surface area (Å²) in [5.74, 6) is -0.557. The number of aromatic nitrogens is 1. The fourth-order valence-corrected chi connectivity index (χ4v) is 3.40. The standard InChI is InChI=1S/C23H22FN3O4S/c1-3-32(29,30)27-21-9-8-18(13-16(21)2)26-23(28)11-7-17-6-10-22(20(24)14-17)31-19-5-4-12-25-15-19/h4-15,27H,3H2,1-2H3,(H,26,28)/b11-7+. The molecule has 32 heavy (non-hydrogen) atoms. The summed E-state index contributed by atoms with van der Waals surface area (Å²) in [6, 6.07) is 12.5. The molecular formula is C23H22FN3O4S. The first kappa shape index (κ1) is 23.0. The van der Waals surface area contributed by atoms with Crippen molar-refractivity contribution in [2.24, 2.45) is 0 Å². The van der Waals surface area contributed by atoms with Gasteiger partial charge in [0.2, 0.25) is 15.9 Å². The van der Waals surface area contributed by atoms with E-state index in [4.69, 9.17) is 4.74 Å². The normalized spacial score (nSPS) is 11.3. The predicted molar refractivity (Wildman–Crippen MR) is 123 cm³/mol. The van der Waals surface area contributed by atoms with Crippen LogP contribution >= 0.6 is 0 Å². The van der Waals surface area contributed by atoms with Gasteiger partial charge in [-0.1, -0.05) is 6.07 Å². The number of benzene rings is 2. The number of carbonyl (C=O) groups is 1. The topological polar surface area (TPSA) is 97.4 Å². The second-order valence-electron chi connectivity index (χ2n) is 6.84. The van der Waals surface area contributed by atoms with Gasteiger partial charge in [0.05, 0.1) is 17.6 Å². The van der Waals surface area contributed by atoms with E-state index in [2.05, 4.69) is 15.0 Å². The summed E-state index contributed by atoms with van der Waals surface area (Å²) in [5, 5.41) is 2.69. The molecule has 0 aliphatic heterocycles. The molecule has 0 aliphatic rings. The van der Waals surface area contributed by atoms with Crippen LogP contribution in [0.5, 0.6) is 11.5 Å². The Balaban J connectivity index is 1.63. The zero-order valence-electron chi connectivity index (χ0n) is 17.5. The fourth-order valence-electron chi connectivity index (χ4n) is 2.69. The van der Waals surface area contributed by atoms with Crippen molar-refractivity contribution < 1.29 is 22.3 Å². The Kier molecular flexibility index (Phi) is 7.21. The number of sulfonamides is 1. The summed E-state index contributed by atoms with van der Waals surface area (Å²) in [6.07, 6.45) is 5.82. The Bertz CT molecular complexity index is 1250. The van der Waals surface area contributed by atoms with Crippen LogP contribution in [0.15, 0.2) is 67.0 Å². The fraction of sp³-hybridized carbons (Fsp3) is 0.130. The lowest BCUT2D eigenvalue weighted by atomic mass is 10.1. The number of hydrogen-bond donors (Lipinski definition) is 2. The Morgan fingerprint density at radius 3 is 2.66 bits per heavy atom. The first-order valence-electron chi connectivity index (χ1n) is 9.73. The van der Waals surface area contributed by atoms with Crippen LogP contribution in [0.4, 0.5) is 15.8 Å². The van der Waals surface area contributed by atoms with Gasteiger partial charge < -0.3 is 10.1 Å². The number of nitrogens with one attached hydrogen (secondary N) is 2. The van der Waals surface area contributed by atoms with Crippen LogP contribution in [-0.2, 0) is 14.8 Å². The molecule has 166 valence electrons. The SMILES string of the molecule is CCS(=O)(=O)Nc1ccc(NC(=O)/C=C/c2ccc(Oc3cccnc3)c(F)c2)cc1C. The lowest BCUT2D eigenvalue weighted by molar-refractivity contribution is -0.111. The number of amides is 1. The molecule has 0 bridgehead atoms. The van der Waals surface area contributed by atoms with Crippen molar-refractivity contribution in [3.05, 3.63) is 83.9 Å². The Morgan fingerprint density at radius 1 is 1.19 bits per heavy atom. The molecule has 1 aromatic heterocycles. The number of hydrogen-bond acceptors (Lipinski definition) is 5. The molecule has 2 aromatic carbocycles. The molecule has 1 amide bonds. The number of nitrogens with zero attached hydrogens (tertiary/aromatic N) is 1. The lowest BCUT2D eigenvalue weighted by Crippen LogP contribution is -2.15. The maximum absolute atomic E-state index is 14.3. The van der Waals surface area contributed by atoms with E-state index in [0.29, 0.717) is 28.3 Å². The summed E-state index contributed by atoms with van der Waals surface area (Å²) < 4.78 is 45.7.